The van der Waals surface area contributed by atoms with E-state index in [-0.39, 0.29) is 17.5 Å². The molecule has 1 amide bonds. The molecule has 0 aliphatic carbocycles. The number of anilines is 2. The minimum absolute atomic E-state index is 0.0442. The van der Waals surface area contributed by atoms with Gasteiger partial charge in [-0.25, -0.2) is 4.98 Å². The SMILES string of the molecule is CCNc1ncc([N+](=O)[O-])c(NC(C)C(N)=O)n1. The molecule has 0 aliphatic heterocycles. The minimum atomic E-state index is -0.770. The number of primary amides is 1. The lowest BCUT2D eigenvalue weighted by Crippen LogP contribution is -2.33. The molecule has 9 heteroatoms. The molecule has 0 spiro atoms. The summed E-state index contributed by atoms with van der Waals surface area (Å²) >= 11 is 0. The predicted molar refractivity (Wildman–Crippen MR) is 65.1 cm³/mol. The van der Waals surface area contributed by atoms with Gasteiger partial charge in [0.1, 0.15) is 12.2 Å². The molecular weight excluding hydrogens is 240 g/mol. The molecule has 4 N–H and O–H groups in total. The molecule has 0 aromatic carbocycles. The first-order chi connectivity index (χ1) is 8.45. The number of nitrogens with one attached hydrogen (secondary N) is 2. The Morgan fingerprint density at radius 2 is 2.33 bits per heavy atom. The third-order valence-electron chi connectivity index (χ3n) is 2.08. The van der Waals surface area contributed by atoms with Gasteiger partial charge in [-0.2, -0.15) is 4.98 Å². The van der Waals surface area contributed by atoms with Crippen molar-refractivity contribution in [3.63, 3.8) is 0 Å². The molecule has 1 unspecified atom stereocenters. The van der Waals surface area contributed by atoms with E-state index >= 15 is 0 Å². The molecule has 1 heterocycles. The summed E-state index contributed by atoms with van der Waals surface area (Å²) in [4.78, 5) is 28.8. The van der Waals surface area contributed by atoms with Gasteiger partial charge in [0, 0.05) is 6.54 Å². The van der Waals surface area contributed by atoms with Crippen LogP contribution in [0.3, 0.4) is 0 Å². The van der Waals surface area contributed by atoms with Crippen molar-refractivity contribution in [1.29, 1.82) is 0 Å². The molecule has 0 saturated carbocycles. The quantitative estimate of drug-likeness (QED) is 0.483. The van der Waals surface area contributed by atoms with Crippen molar-refractivity contribution in [3.05, 3.63) is 16.3 Å². The summed E-state index contributed by atoms with van der Waals surface area (Å²) in [5.41, 5.74) is 4.76. The smallest absolute Gasteiger partial charge is 0.329 e. The summed E-state index contributed by atoms with van der Waals surface area (Å²) in [7, 11) is 0. The van der Waals surface area contributed by atoms with E-state index < -0.39 is 16.9 Å². The molecule has 9 nitrogen and oxygen atoms in total. The molecule has 1 rings (SSSR count). The van der Waals surface area contributed by atoms with Gasteiger partial charge >= 0.3 is 5.69 Å². The van der Waals surface area contributed by atoms with Gasteiger partial charge in [0.25, 0.3) is 0 Å². The van der Waals surface area contributed by atoms with Gasteiger partial charge in [-0.1, -0.05) is 0 Å². The predicted octanol–water partition coefficient (Wildman–Crippen LogP) is 0.102. The standard InChI is InChI=1S/C9H14N6O3/c1-3-11-9-12-4-6(15(17)18)8(14-9)13-5(2)7(10)16/h4-5H,3H2,1-2H3,(H2,10,16)(H2,11,12,13,14). The van der Waals surface area contributed by atoms with E-state index in [2.05, 4.69) is 20.6 Å². The van der Waals surface area contributed by atoms with Crippen LogP contribution in [0.25, 0.3) is 0 Å². The van der Waals surface area contributed by atoms with Gasteiger partial charge in [-0.05, 0) is 13.8 Å². The van der Waals surface area contributed by atoms with Crippen molar-refractivity contribution in [3.8, 4) is 0 Å². The van der Waals surface area contributed by atoms with Crippen LogP contribution in [0.1, 0.15) is 13.8 Å². The fraction of sp³-hybridized carbons (Fsp3) is 0.444. The van der Waals surface area contributed by atoms with Crippen LogP contribution in [0.15, 0.2) is 6.20 Å². The lowest BCUT2D eigenvalue weighted by atomic mass is 10.3. The van der Waals surface area contributed by atoms with Crippen LogP contribution in [-0.4, -0.2) is 33.4 Å². The van der Waals surface area contributed by atoms with Crippen LogP contribution < -0.4 is 16.4 Å². The van der Waals surface area contributed by atoms with Crippen LogP contribution in [0.4, 0.5) is 17.5 Å². The van der Waals surface area contributed by atoms with Gasteiger partial charge < -0.3 is 16.4 Å². The molecule has 1 aromatic rings. The number of carbonyl (C=O) groups is 1. The van der Waals surface area contributed by atoms with E-state index in [9.17, 15) is 14.9 Å². The van der Waals surface area contributed by atoms with Gasteiger partial charge in [0.15, 0.2) is 0 Å². The van der Waals surface area contributed by atoms with Crippen LogP contribution in [0, 0.1) is 10.1 Å². The summed E-state index contributed by atoms with van der Waals surface area (Å²) in [6.45, 7) is 3.90. The minimum Gasteiger partial charge on any atom is -0.368 e. The topological polar surface area (TPSA) is 136 Å². The first-order valence-corrected chi connectivity index (χ1v) is 5.26. The van der Waals surface area contributed by atoms with Crippen molar-refractivity contribution >= 4 is 23.4 Å². The number of nitrogens with two attached hydrogens (primary N) is 1. The Labute approximate surface area is 103 Å². The number of nitrogens with zero attached hydrogens (tertiary/aromatic N) is 3. The fourth-order valence-corrected chi connectivity index (χ4v) is 1.13. The highest BCUT2D eigenvalue weighted by Gasteiger charge is 2.20. The van der Waals surface area contributed by atoms with Crippen LogP contribution in [-0.2, 0) is 4.79 Å². The third-order valence-corrected chi connectivity index (χ3v) is 2.08. The van der Waals surface area contributed by atoms with Crippen molar-refractivity contribution in [2.24, 2.45) is 5.73 Å². The number of rotatable bonds is 6. The van der Waals surface area contributed by atoms with Crippen molar-refractivity contribution in [2.75, 3.05) is 17.2 Å². The Hall–Kier alpha value is -2.45. The number of aromatic nitrogens is 2. The molecule has 1 atom stereocenters. The second kappa shape index (κ2) is 5.75. The summed E-state index contributed by atoms with van der Waals surface area (Å²) in [5.74, 6) is -0.438. The Kier molecular flexibility index (Phi) is 4.35. The average Bonchev–Trinajstić information content (AvgIpc) is 2.29. The maximum atomic E-state index is 10.9. The number of hydrogen-bond acceptors (Lipinski definition) is 7. The average molecular weight is 254 g/mol. The Bertz CT molecular complexity index is 464. The van der Waals surface area contributed by atoms with Crippen LogP contribution in [0.5, 0.6) is 0 Å². The van der Waals surface area contributed by atoms with Crippen molar-refractivity contribution in [2.45, 2.75) is 19.9 Å². The molecule has 98 valence electrons. The third kappa shape index (κ3) is 3.27. The second-order valence-corrected chi connectivity index (χ2v) is 3.48. The first-order valence-electron chi connectivity index (χ1n) is 5.26. The molecule has 0 bridgehead atoms. The first kappa shape index (κ1) is 13.6. The summed E-state index contributed by atoms with van der Waals surface area (Å²) in [6.07, 6.45) is 1.07. The molecule has 1 aromatic heterocycles. The zero-order valence-electron chi connectivity index (χ0n) is 10.0. The fourth-order valence-electron chi connectivity index (χ4n) is 1.13. The van der Waals surface area contributed by atoms with Crippen LogP contribution >= 0.6 is 0 Å². The zero-order valence-corrected chi connectivity index (χ0v) is 10.0. The van der Waals surface area contributed by atoms with E-state index in [1.165, 1.54) is 6.92 Å². The Morgan fingerprint density at radius 3 is 2.83 bits per heavy atom. The Morgan fingerprint density at radius 1 is 1.67 bits per heavy atom. The molecule has 18 heavy (non-hydrogen) atoms. The highest BCUT2D eigenvalue weighted by Crippen LogP contribution is 2.22. The monoisotopic (exact) mass is 254 g/mol. The van der Waals surface area contributed by atoms with E-state index in [4.69, 9.17) is 5.73 Å². The van der Waals surface area contributed by atoms with E-state index in [1.807, 2.05) is 6.92 Å². The lowest BCUT2D eigenvalue weighted by Gasteiger charge is -2.11. The zero-order chi connectivity index (χ0) is 13.7. The Balaban J connectivity index is 3.07. The lowest BCUT2D eigenvalue weighted by molar-refractivity contribution is -0.384. The number of nitro groups is 1. The van der Waals surface area contributed by atoms with Crippen LogP contribution in [0.2, 0.25) is 0 Å². The molecule has 0 radical (unpaired) electrons. The molecule has 0 fully saturated rings. The van der Waals surface area contributed by atoms with Crippen molar-refractivity contribution in [1.82, 2.24) is 9.97 Å². The summed E-state index contributed by atoms with van der Waals surface area (Å²) < 4.78 is 0. The van der Waals surface area contributed by atoms with Gasteiger partial charge in [-0.3, -0.25) is 14.9 Å². The molecule has 0 aliphatic rings. The van der Waals surface area contributed by atoms with Gasteiger partial charge in [0.2, 0.25) is 17.7 Å². The normalized spacial score (nSPS) is 11.7. The van der Waals surface area contributed by atoms with E-state index in [0.717, 1.165) is 6.20 Å². The second-order valence-electron chi connectivity index (χ2n) is 3.48. The largest absolute Gasteiger partial charge is 0.368 e. The number of amides is 1. The summed E-state index contributed by atoms with van der Waals surface area (Å²) in [5, 5.41) is 16.2. The van der Waals surface area contributed by atoms with E-state index in [0.29, 0.717) is 6.54 Å². The highest BCUT2D eigenvalue weighted by molar-refractivity contribution is 5.82. The molecular formula is C9H14N6O3. The maximum Gasteiger partial charge on any atom is 0.329 e. The van der Waals surface area contributed by atoms with Gasteiger partial charge in [-0.15, -0.1) is 0 Å². The maximum absolute atomic E-state index is 10.9. The van der Waals surface area contributed by atoms with E-state index in [1.54, 1.807) is 0 Å². The number of hydrogen-bond donors (Lipinski definition) is 3. The van der Waals surface area contributed by atoms with Gasteiger partial charge in [0.05, 0.1) is 4.92 Å². The molecule has 0 saturated heterocycles. The number of carbonyl (C=O) groups excluding carboxylic acids is 1. The van der Waals surface area contributed by atoms with Crippen molar-refractivity contribution < 1.29 is 9.72 Å². The summed E-state index contributed by atoms with van der Waals surface area (Å²) in [6, 6.07) is -0.770. The highest BCUT2D eigenvalue weighted by atomic mass is 16.6.